The molecule has 2 rings (SSSR count). The van der Waals surface area contributed by atoms with Crippen LogP contribution in [-0.4, -0.2) is 51.1 Å². The normalized spacial score (nSPS) is 19.3. The second kappa shape index (κ2) is 7.79. The molecule has 0 aliphatic carbocycles. The molecule has 0 spiro atoms. The van der Waals surface area contributed by atoms with Gasteiger partial charge in [0.25, 0.3) is 5.91 Å². The van der Waals surface area contributed by atoms with Gasteiger partial charge in [-0.1, -0.05) is 13.0 Å². The molecule has 0 saturated carbocycles. The molecule has 1 aromatic carbocycles. The lowest BCUT2D eigenvalue weighted by atomic mass is 10.0. The minimum atomic E-state index is -3.31. The molecule has 1 heterocycles. The molecular weight excluding hydrogens is 316 g/mol. The molecule has 1 atom stereocenters. The standard InChI is InChI=1S/C16H24N2O4S/c1-13-5-4-9-18(12-13)23(20,21)10-8-17-16(19)14-6-3-7-15(11-14)22-2/h3,6-7,11,13H,4-5,8-10,12H2,1-2H3,(H,17,19). The number of nitrogens with zero attached hydrogens (tertiary/aromatic N) is 1. The van der Waals surface area contributed by atoms with Gasteiger partial charge >= 0.3 is 0 Å². The largest absolute Gasteiger partial charge is 0.497 e. The summed E-state index contributed by atoms with van der Waals surface area (Å²) in [6, 6.07) is 6.76. The monoisotopic (exact) mass is 340 g/mol. The molecule has 0 aromatic heterocycles. The zero-order valence-electron chi connectivity index (χ0n) is 13.6. The van der Waals surface area contributed by atoms with Crippen LogP contribution < -0.4 is 10.1 Å². The maximum absolute atomic E-state index is 12.3. The molecule has 1 amide bonds. The fraction of sp³-hybridized carbons (Fsp3) is 0.562. The maximum Gasteiger partial charge on any atom is 0.251 e. The number of amides is 1. The van der Waals surface area contributed by atoms with E-state index in [1.54, 1.807) is 28.6 Å². The highest BCUT2D eigenvalue weighted by Crippen LogP contribution is 2.18. The van der Waals surface area contributed by atoms with Crippen LogP contribution in [0.2, 0.25) is 0 Å². The number of ether oxygens (including phenoxy) is 1. The van der Waals surface area contributed by atoms with Crippen LogP contribution >= 0.6 is 0 Å². The van der Waals surface area contributed by atoms with E-state index in [1.165, 1.54) is 7.11 Å². The quantitative estimate of drug-likeness (QED) is 0.851. The average molecular weight is 340 g/mol. The van der Waals surface area contributed by atoms with Gasteiger partial charge in [0.15, 0.2) is 0 Å². The van der Waals surface area contributed by atoms with Crippen molar-refractivity contribution in [1.29, 1.82) is 0 Å². The molecule has 0 bridgehead atoms. The van der Waals surface area contributed by atoms with E-state index in [-0.39, 0.29) is 18.2 Å². The van der Waals surface area contributed by atoms with Gasteiger partial charge in [-0.3, -0.25) is 4.79 Å². The molecule has 7 heteroatoms. The summed E-state index contributed by atoms with van der Waals surface area (Å²) in [5.41, 5.74) is 0.452. The average Bonchev–Trinajstić information content (AvgIpc) is 2.54. The van der Waals surface area contributed by atoms with E-state index >= 15 is 0 Å². The topological polar surface area (TPSA) is 75.7 Å². The molecule has 128 valence electrons. The van der Waals surface area contributed by atoms with Gasteiger partial charge in [-0.25, -0.2) is 12.7 Å². The van der Waals surface area contributed by atoms with Crippen LogP contribution in [0.4, 0.5) is 0 Å². The zero-order chi connectivity index (χ0) is 16.9. The van der Waals surface area contributed by atoms with E-state index in [2.05, 4.69) is 12.2 Å². The van der Waals surface area contributed by atoms with Crippen molar-refractivity contribution in [2.75, 3.05) is 32.5 Å². The smallest absolute Gasteiger partial charge is 0.251 e. The second-order valence-corrected chi connectivity index (χ2v) is 8.00. The van der Waals surface area contributed by atoms with Crippen molar-refractivity contribution in [3.8, 4) is 5.75 Å². The zero-order valence-corrected chi connectivity index (χ0v) is 14.4. The Morgan fingerprint density at radius 3 is 2.91 bits per heavy atom. The van der Waals surface area contributed by atoms with E-state index in [4.69, 9.17) is 4.74 Å². The number of methoxy groups -OCH3 is 1. The molecule has 23 heavy (non-hydrogen) atoms. The molecule has 1 aliphatic rings. The molecule has 1 aromatic rings. The van der Waals surface area contributed by atoms with Gasteiger partial charge in [0.05, 0.1) is 12.9 Å². The number of carbonyl (C=O) groups is 1. The van der Waals surface area contributed by atoms with Crippen molar-refractivity contribution in [2.45, 2.75) is 19.8 Å². The van der Waals surface area contributed by atoms with Gasteiger partial charge in [0, 0.05) is 25.2 Å². The third-order valence-corrected chi connectivity index (χ3v) is 5.83. The van der Waals surface area contributed by atoms with E-state index < -0.39 is 10.0 Å². The van der Waals surface area contributed by atoms with Crippen molar-refractivity contribution < 1.29 is 17.9 Å². The summed E-state index contributed by atoms with van der Waals surface area (Å²) in [4.78, 5) is 12.1. The number of rotatable bonds is 6. The predicted octanol–water partition coefficient (Wildman–Crippen LogP) is 1.49. The number of hydrogen-bond donors (Lipinski definition) is 1. The number of sulfonamides is 1. The molecule has 1 aliphatic heterocycles. The fourth-order valence-corrected chi connectivity index (χ4v) is 4.20. The lowest BCUT2D eigenvalue weighted by Crippen LogP contribution is -2.42. The van der Waals surface area contributed by atoms with E-state index in [0.29, 0.717) is 30.3 Å². The minimum Gasteiger partial charge on any atom is -0.497 e. The van der Waals surface area contributed by atoms with Crippen LogP contribution in [0.5, 0.6) is 5.75 Å². The van der Waals surface area contributed by atoms with Gasteiger partial charge in [-0.2, -0.15) is 0 Å². The number of hydrogen-bond acceptors (Lipinski definition) is 4. The van der Waals surface area contributed by atoms with Crippen LogP contribution in [0.25, 0.3) is 0 Å². The molecule has 1 saturated heterocycles. The van der Waals surface area contributed by atoms with Crippen molar-refractivity contribution in [1.82, 2.24) is 9.62 Å². The summed E-state index contributed by atoms with van der Waals surface area (Å²) >= 11 is 0. The lowest BCUT2D eigenvalue weighted by Gasteiger charge is -2.30. The van der Waals surface area contributed by atoms with Crippen LogP contribution in [0, 0.1) is 5.92 Å². The Kier molecular flexibility index (Phi) is 6.01. The minimum absolute atomic E-state index is 0.0740. The van der Waals surface area contributed by atoms with Crippen molar-refractivity contribution in [2.24, 2.45) is 5.92 Å². The first-order chi connectivity index (χ1) is 10.9. The summed E-state index contributed by atoms with van der Waals surface area (Å²) in [5, 5.41) is 2.66. The molecule has 1 unspecified atom stereocenters. The van der Waals surface area contributed by atoms with Gasteiger partial charge < -0.3 is 10.1 Å². The first kappa shape index (κ1) is 17.7. The van der Waals surface area contributed by atoms with Gasteiger partial charge in [0.1, 0.15) is 5.75 Å². The Bertz CT molecular complexity index is 645. The van der Waals surface area contributed by atoms with Crippen LogP contribution in [0.3, 0.4) is 0 Å². The Morgan fingerprint density at radius 2 is 2.22 bits per heavy atom. The Hall–Kier alpha value is -1.60. The van der Waals surface area contributed by atoms with E-state index in [9.17, 15) is 13.2 Å². The lowest BCUT2D eigenvalue weighted by molar-refractivity contribution is 0.0955. The highest BCUT2D eigenvalue weighted by molar-refractivity contribution is 7.89. The van der Waals surface area contributed by atoms with E-state index in [1.807, 2.05) is 0 Å². The number of nitrogens with one attached hydrogen (secondary N) is 1. The number of benzene rings is 1. The van der Waals surface area contributed by atoms with Crippen molar-refractivity contribution >= 4 is 15.9 Å². The Morgan fingerprint density at radius 1 is 1.43 bits per heavy atom. The van der Waals surface area contributed by atoms with E-state index in [0.717, 1.165) is 12.8 Å². The SMILES string of the molecule is COc1cccc(C(=O)NCCS(=O)(=O)N2CCCC(C)C2)c1. The van der Waals surface area contributed by atoms with Crippen molar-refractivity contribution in [3.63, 3.8) is 0 Å². The summed E-state index contributed by atoms with van der Waals surface area (Å²) < 4.78 is 31.2. The van der Waals surface area contributed by atoms with Crippen molar-refractivity contribution in [3.05, 3.63) is 29.8 Å². The predicted molar refractivity (Wildman–Crippen MR) is 89.1 cm³/mol. The third-order valence-electron chi connectivity index (χ3n) is 3.99. The summed E-state index contributed by atoms with van der Waals surface area (Å²) in [5.74, 6) is 0.610. The number of piperidine rings is 1. The maximum atomic E-state index is 12.3. The molecule has 0 radical (unpaired) electrons. The summed E-state index contributed by atoms with van der Waals surface area (Å²) in [6.07, 6.45) is 1.97. The summed E-state index contributed by atoms with van der Waals surface area (Å²) in [6.45, 7) is 3.32. The van der Waals surface area contributed by atoms with Gasteiger partial charge in [-0.05, 0) is 37.0 Å². The molecular formula is C16H24N2O4S. The highest BCUT2D eigenvalue weighted by Gasteiger charge is 2.26. The Balaban J connectivity index is 1.87. The molecule has 1 fully saturated rings. The number of carbonyl (C=O) groups excluding carboxylic acids is 1. The first-order valence-corrected chi connectivity index (χ1v) is 9.43. The molecule has 6 nitrogen and oxygen atoms in total. The van der Waals surface area contributed by atoms with Gasteiger partial charge in [0.2, 0.25) is 10.0 Å². The van der Waals surface area contributed by atoms with Crippen LogP contribution in [-0.2, 0) is 10.0 Å². The third kappa shape index (κ3) is 4.94. The highest BCUT2D eigenvalue weighted by atomic mass is 32.2. The Labute approximate surface area is 137 Å². The van der Waals surface area contributed by atoms with Crippen LogP contribution in [0.1, 0.15) is 30.1 Å². The second-order valence-electron chi connectivity index (χ2n) is 5.91. The molecule has 1 N–H and O–H groups in total. The summed E-state index contributed by atoms with van der Waals surface area (Å²) in [7, 11) is -1.78. The first-order valence-electron chi connectivity index (χ1n) is 7.82. The fourth-order valence-electron chi connectivity index (χ4n) is 2.69. The van der Waals surface area contributed by atoms with Crippen LogP contribution in [0.15, 0.2) is 24.3 Å². The van der Waals surface area contributed by atoms with Gasteiger partial charge in [-0.15, -0.1) is 0 Å².